The van der Waals surface area contributed by atoms with Gasteiger partial charge in [0, 0.05) is 6.07 Å². The molecule has 0 aliphatic rings. The fourth-order valence-electron chi connectivity index (χ4n) is 6.19. The number of methoxy groups -OCH3 is 1. The molecule has 4 aromatic carbocycles. The number of hydrogen-bond acceptors (Lipinski definition) is 6. The zero-order valence-corrected chi connectivity index (χ0v) is 30.5. The Kier molecular flexibility index (Phi) is 11.0. The maximum absolute atomic E-state index is 13.9. The summed E-state index contributed by atoms with van der Waals surface area (Å²) in [7, 11) is -1.40. The van der Waals surface area contributed by atoms with Crippen LogP contribution in [0.3, 0.4) is 0 Å². The minimum atomic E-state index is -2.89. The van der Waals surface area contributed by atoms with Crippen LogP contribution >= 0.6 is 0 Å². The molecule has 0 aromatic heterocycles. The lowest BCUT2D eigenvalue weighted by atomic mass is 9.97. The van der Waals surface area contributed by atoms with Gasteiger partial charge < -0.3 is 18.6 Å². The molecule has 0 radical (unpaired) electrons. The van der Waals surface area contributed by atoms with Gasteiger partial charge in [0.05, 0.1) is 19.3 Å². The van der Waals surface area contributed by atoms with Crippen LogP contribution in [0, 0.1) is 34.6 Å². The third-order valence-corrected chi connectivity index (χ3v) is 14.0. The van der Waals surface area contributed by atoms with Crippen molar-refractivity contribution < 1.29 is 28.2 Å². The van der Waals surface area contributed by atoms with Crippen LogP contribution in [-0.4, -0.2) is 34.0 Å². The molecule has 4 rings (SSSR count). The minimum Gasteiger partial charge on any atom is -0.534 e. The number of carbonyl (C=O) groups excluding carboxylic acids is 2. The Labute approximate surface area is 281 Å². The summed E-state index contributed by atoms with van der Waals surface area (Å²) < 4.78 is 24.4. The van der Waals surface area contributed by atoms with Crippen molar-refractivity contribution in [2.75, 3.05) is 13.7 Å². The standard InChI is InChI=1S/C40H48O6Si/c1-11-12-23-44-38(41)37-30(6)27(3)33(25-35(37)43-10)45-39(42)36-26(2)24-34(28(4)29(36)5)46-47(40(7,8)9,31-19-15-13-16-20-31)32-21-17-14-18-22-32/h13-22,24-25H,11-12,23H2,1-10H3. The van der Waals surface area contributed by atoms with Gasteiger partial charge in [0.2, 0.25) is 0 Å². The first kappa shape index (κ1) is 35.5. The third kappa shape index (κ3) is 7.00. The second-order valence-corrected chi connectivity index (χ2v) is 17.4. The van der Waals surface area contributed by atoms with Crippen LogP contribution in [0.4, 0.5) is 0 Å². The summed E-state index contributed by atoms with van der Waals surface area (Å²) in [5.41, 5.74) is 4.56. The Morgan fingerprint density at radius 3 is 1.72 bits per heavy atom. The lowest BCUT2D eigenvalue weighted by Crippen LogP contribution is -2.68. The molecule has 0 aliphatic carbocycles. The van der Waals surface area contributed by atoms with Crippen LogP contribution in [-0.2, 0) is 4.74 Å². The van der Waals surface area contributed by atoms with Crippen molar-refractivity contribution in [3.63, 3.8) is 0 Å². The Hall–Kier alpha value is -4.36. The predicted octanol–water partition coefficient (Wildman–Crippen LogP) is 8.35. The van der Waals surface area contributed by atoms with Gasteiger partial charge in [0.25, 0.3) is 0 Å². The summed E-state index contributed by atoms with van der Waals surface area (Å²) in [6.07, 6.45) is 1.70. The highest BCUT2D eigenvalue weighted by Gasteiger charge is 2.52. The molecule has 0 spiro atoms. The molecule has 0 N–H and O–H groups in total. The number of aryl methyl sites for hydroxylation is 1. The van der Waals surface area contributed by atoms with Crippen molar-refractivity contribution in [1.82, 2.24) is 0 Å². The first-order chi connectivity index (χ1) is 22.3. The summed E-state index contributed by atoms with van der Waals surface area (Å²) >= 11 is 0. The van der Waals surface area contributed by atoms with E-state index in [1.54, 1.807) is 6.07 Å². The van der Waals surface area contributed by atoms with Gasteiger partial charge in [-0.05, 0) is 90.3 Å². The maximum Gasteiger partial charge on any atom is 0.344 e. The predicted molar refractivity (Wildman–Crippen MR) is 192 cm³/mol. The van der Waals surface area contributed by atoms with Crippen molar-refractivity contribution in [2.24, 2.45) is 0 Å². The molecule has 0 bridgehead atoms. The van der Waals surface area contributed by atoms with Crippen molar-refractivity contribution in [2.45, 2.75) is 80.2 Å². The molecule has 6 nitrogen and oxygen atoms in total. The van der Waals surface area contributed by atoms with Gasteiger partial charge >= 0.3 is 20.3 Å². The molecule has 0 heterocycles. The van der Waals surface area contributed by atoms with Crippen molar-refractivity contribution >= 4 is 30.6 Å². The van der Waals surface area contributed by atoms with E-state index in [-0.39, 0.29) is 5.04 Å². The third-order valence-electron chi connectivity index (χ3n) is 9.11. The molecular weight excluding hydrogens is 605 g/mol. The van der Waals surface area contributed by atoms with E-state index in [9.17, 15) is 9.59 Å². The highest BCUT2D eigenvalue weighted by atomic mass is 28.4. The number of unbranched alkanes of at least 4 members (excludes halogenated alkanes) is 1. The molecule has 7 heteroatoms. The van der Waals surface area contributed by atoms with Gasteiger partial charge in [-0.1, -0.05) is 94.8 Å². The molecule has 0 aliphatic heterocycles. The van der Waals surface area contributed by atoms with E-state index in [1.165, 1.54) is 17.5 Å². The molecule has 0 amide bonds. The number of carbonyl (C=O) groups is 2. The quantitative estimate of drug-likeness (QED) is 0.0702. The molecule has 4 aromatic rings. The molecule has 248 valence electrons. The number of benzene rings is 4. The Bertz CT molecular complexity index is 1700. The highest BCUT2D eigenvalue weighted by molar-refractivity contribution is 7.00. The van der Waals surface area contributed by atoms with Gasteiger partial charge in [0.1, 0.15) is 22.8 Å². The Morgan fingerprint density at radius 1 is 0.681 bits per heavy atom. The second kappa shape index (κ2) is 14.6. The summed E-state index contributed by atoms with van der Waals surface area (Å²) in [6.45, 7) is 18.6. The first-order valence-corrected chi connectivity index (χ1v) is 18.2. The second-order valence-electron chi connectivity index (χ2n) is 13.2. The molecule has 0 fully saturated rings. The highest BCUT2D eigenvalue weighted by Crippen LogP contribution is 2.40. The van der Waals surface area contributed by atoms with Crippen LogP contribution in [0.2, 0.25) is 5.04 Å². The van der Waals surface area contributed by atoms with Crippen molar-refractivity contribution in [3.8, 4) is 17.2 Å². The molecule has 0 unspecified atom stereocenters. The average Bonchev–Trinajstić information content (AvgIpc) is 3.04. The van der Waals surface area contributed by atoms with Gasteiger partial charge in [-0.15, -0.1) is 0 Å². The average molecular weight is 653 g/mol. The van der Waals surface area contributed by atoms with E-state index in [0.717, 1.165) is 35.3 Å². The van der Waals surface area contributed by atoms with Crippen LogP contribution in [0.1, 0.15) is 89.1 Å². The fourth-order valence-corrected chi connectivity index (χ4v) is 10.7. The lowest BCUT2D eigenvalue weighted by molar-refractivity contribution is 0.0495. The van der Waals surface area contributed by atoms with E-state index in [2.05, 4.69) is 69.3 Å². The summed E-state index contributed by atoms with van der Waals surface area (Å²) in [5.74, 6) is 0.454. The number of esters is 2. The SMILES string of the molecule is CCCCOC(=O)c1c(OC)cc(OC(=O)c2c(C)cc(O[Si](c3ccccc3)(c3ccccc3)C(C)(C)C)c(C)c2C)c(C)c1C. The molecule has 0 saturated heterocycles. The fraction of sp³-hybridized carbons (Fsp3) is 0.350. The van der Waals surface area contributed by atoms with Gasteiger partial charge in [-0.2, -0.15) is 0 Å². The number of rotatable bonds is 11. The number of ether oxygens (including phenoxy) is 3. The zero-order chi connectivity index (χ0) is 34.5. The number of hydrogen-bond donors (Lipinski definition) is 0. The molecular formula is C40H48O6Si. The molecule has 0 saturated carbocycles. The van der Waals surface area contributed by atoms with Crippen LogP contribution in [0.15, 0.2) is 72.8 Å². The van der Waals surface area contributed by atoms with E-state index in [1.807, 2.05) is 59.7 Å². The molecule has 47 heavy (non-hydrogen) atoms. The van der Waals surface area contributed by atoms with Crippen molar-refractivity contribution in [3.05, 3.63) is 112 Å². The summed E-state index contributed by atoms with van der Waals surface area (Å²) in [6, 6.07) is 24.6. The minimum absolute atomic E-state index is 0.218. The first-order valence-electron chi connectivity index (χ1n) is 16.3. The molecule has 0 atom stereocenters. The Balaban J connectivity index is 1.75. The van der Waals surface area contributed by atoms with E-state index in [0.29, 0.717) is 40.4 Å². The van der Waals surface area contributed by atoms with Gasteiger partial charge in [0.15, 0.2) is 0 Å². The Morgan fingerprint density at radius 2 is 1.21 bits per heavy atom. The van der Waals surface area contributed by atoms with E-state index < -0.39 is 20.3 Å². The monoisotopic (exact) mass is 652 g/mol. The summed E-state index contributed by atoms with van der Waals surface area (Å²) in [5, 5.41) is 2.13. The lowest BCUT2D eigenvalue weighted by Gasteiger charge is -2.43. The van der Waals surface area contributed by atoms with Crippen LogP contribution in [0.5, 0.6) is 17.2 Å². The van der Waals surface area contributed by atoms with Gasteiger partial charge in [-0.3, -0.25) is 0 Å². The normalized spacial score (nSPS) is 11.6. The van der Waals surface area contributed by atoms with E-state index in [4.69, 9.17) is 18.6 Å². The largest absolute Gasteiger partial charge is 0.534 e. The zero-order valence-electron chi connectivity index (χ0n) is 29.5. The smallest absolute Gasteiger partial charge is 0.344 e. The van der Waals surface area contributed by atoms with Crippen LogP contribution in [0.25, 0.3) is 0 Å². The topological polar surface area (TPSA) is 71.1 Å². The maximum atomic E-state index is 13.9. The summed E-state index contributed by atoms with van der Waals surface area (Å²) in [4.78, 5) is 26.8. The van der Waals surface area contributed by atoms with Gasteiger partial charge in [-0.25, -0.2) is 9.59 Å². The van der Waals surface area contributed by atoms with E-state index >= 15 is 0 Å². The van der Waals surface area contributed by atoms with Crippen LogP contribution < -0.4 is 24.3 Å². The van der Waals surface area contributed by atoms with Crippen molar-refractivity contribution in [1.29, 1.82) is 0 Å².